The fourth-order valence-electron chi connectivity index (χ4n) is 4.51. The van der Waals surface area contributed by atoms with Crippen LogP contribution in [0.4, 0.5) is 17.1 Å². The number of fused-ring (bicyclic) bond motifs is 1. The third-order valence-electron chi connectivity index (χ3n) is 5.37. The summed E-state index contributed by atoms with van der Waals surface area (Å²) in [6, 6.07) is 14.7. The number of nitrogens with zero attached hydrogens (tertiary/aromatic N) is 2. The summed E-state index contributed by atoms with van der Waals surface area (Å²) in [5, 5.41) is 2.77. The number of nitrogens with one attached hydrogen (secondary N) is 1. The quantitative estimate of drug-likeness (QED) is 0.675. The molecule has 3 rings (SSSR count). The third-order valence-corrected chi connectivity index (χ3v) is 5.37. The van der Waals surface area contributed by atoms with Gasteiger partial charge in [-0.3, -0.25) is 9.79 Å². The molecule has 0 saturated heterocycles. The van der Waals surface area contributed by atoms with Gasteiger partial charge in [-0.2, -0.15) is 0 Å². The molecular formula is C24H31N3O. The Kier molecular flexibility index (Phi) is 5.59. The molecule has 0 aliphatic carbocycles. The first-order valence-corrected chi connectivity index (χ1v) is 10.0. The van der Waals surface area contributed by atoms with Gasteiger partial charge in [0, 0.05) is 36.1 Å². The van der Waals surface area contributed by atoms with Gasteiger partial charge >= 0.3 is 0 Å². The van der Waals surface area contributed by atoms with Crippen LogP contribution in [0.1, 0.15) is 65.0 Å². The highest BCUT2D eigenvalue weighted by Crippen LogP contribution is 2.44. The van der Waals surface area contributed by atoms with Crippen molar-refractivity contribution in [3.63, 3.8) is 0 Å². The first kappa shape index (κ1) is 20.1. The Labute approximate surface area is 168 Å². The van der Waals surface area contributed by atoms with E-state index in [1.165, 1.54) is 18.2 Å². The molecule has 0 aromatic heterocycles. The summed E-state index contributed by atoms with van der Waals surface area (Å²) in [6.45, 7) is 13.0. The van der Waals surface area contributed by atoms with Crippen LogP contribution in [0, 0.1) is 0 Å². The molecule has 1 amide bonds. The highest BCUT2D eigenvalue weighted by atomic mass is 16.1. The Hall–Kier alpha value is -2.62. The largest absolute Gasteiger partial charge is 0.364 e. The van der Waals surface area contributed by atoms with Crippen LogP contribution in [0.5, 0.6) is 0 Å². The van der Waals surface area contributed by atoms with Crippen molar-refractivity contribution in [3.8, 4) is 0 Å². The molecule has 1 unspecified atom stereocenters. The van der Waals surface area contributed by atoms with E-state index in [0.717, 1.165) is 23.4 Å². The van der Waals surface area contributed by atoms with Gasteiger partial charge in [-0.05, 0) is 87.6 Å². The topological polar surface area (TPSA) is 44.7 Å². The Morgan fingerprint density at radius 1 is 1.21 bits per heavy atom. The molecule has 28 heavy (non-hydrogen) atoms. The number of anilines is 2. The predicted octanol–water partition coefficient (Wildman–Crippen LogP) is 5.90. The molecular weight excluding hydrogens is 346 g/mol. The lowest BCUT2D eigenvalue weighted by Crippen LogP contribution is -2.51. The molecule has 0 bridgehead atoms. The summed E-state index contributed by atoms with van der Waals surface area (Å²) in [4.78, 5) is 18.3. The molecule has 1 aliphatic rings. The molecule has 0 fully saturated rings. The predicted molar refractivity (Wildman–Crippen MR) is 119 cm³/mol. The number of carbonyl (C=O) groups is 1. The number of benzene rings is 2. The summed E-state index contributed by atoms with van der Waals surface area (Å²) < 4.78 is 0. The molecule has 0 saturated carbocycles. The van der Waals surface area contributed by atoms with Crippen molar-refractivity contribution in [2.24, 2.45) is 4.99 Å². The minimum absolute atomic E-state index is 0.0713. The lowest BCUT2D eigenvalue weighted by Gasteiger charge is -2.50. The highest BCUT2D eigenvalue weighted by molar-refractivity contribution is 5.89. The van der Waals surface area contributed by atoms with Gasteiger partial charge in [-0.15, -0.1) is 0 Å². The van der Waals surface area contributed by atoms with Crippen LogP contribution in [-0.2, 0) is 4.79 Å². The molecule has 148 valence electrons. The maximum Gasteiger partial charge on any atom is 0.221 e. The SMILES string of the molecule is CC(=O)Nc1ccc(N=Cc2ccc3c(c2)C(C)CC(C)(C)N3C(C)C)cc1. The molecule has 2 aromatic rings. The maximum atomic E-state index is 11.1. The second kappa shape index (κ2) is 7.78. The fraction of sp³-hybridized carbons (Fsp3) is 0.417. The van der Waals surface area contributed by atoms with Crippen LogP contribution in [0.3, 0.4) is 0 Å². The van der Waals surface area contributed by atoms with E-state index >= 15 is 0 Å². The van der Waals surface area contributed by atoms with E-state index in [1.807, 2.05) is 30.5 Å². The van der Waals surface area contributed by atoms with Gasteiger partial charge in [0.1, 0.15) is 0 Å². The molecule has 1 aliphatic heterocycles. The number of amides is 1. The maximum absolute atomic E-state index is 11.1. The zero-order valence-corrected chi connectivity index (χ0v) is 17.8. The lowest BCUT2D eigenvalue weighted by atomic mass is 9.79. The average Bonchev–Trinajstić information content (AvgIpc) is 2.60. The Bertz CT molecular complexity index is 881. The Morgan fingerprint density at radius 3 is 2.50 bits per heavy atom. The van der Waals surface area contributed by atoms with Crippen LogP contribution in [0.15, 0.2) is 47.5 Å². The Balaban J connectivity index is 1.84. The van der Waals surface area contributed by atoms with Crippen molar-refractivity contribution >= 4 is 29.2 Å². The van der Waals surface area contributed by atoms with Crippen molar-refractivity contribution in [2.75, 3.05) is 10.2 Å². The van der Waals surface area contributed by atoms with Crippen molar-refractivity contribution in [1.29, 1.82) is 0 Å². The second-order valence-corrected chi connectivity index (χ2v) is 8.69. The zero-order chi connectivity index (χ0) is 20.5. The minimum atomic E-state index is -0.0713. The molecule has 4 heteroatoms. The summed E-state index contributed by atoms with van der Waals surface area (Å²) in [5.74, 6) is 0.448. The van der Waals surface area contributed by atoms with Gasteiger partial charge in [0.05, 0.1) is 5.69 Å². The van der Waals surface area contributed by atoms with E-state index in [9.17, 15) is 4.79 Å². The molecule has 1 atom stereocenters. The summed E-state index contributed by atoms with van der Waals surface area (Å²) in [5.41, 5.74) is 5.66. The zero-order valence-electron chi connectivity index (χ0n) is 17.8. The number of rotatable bonds is 4. The van der Waals surface area contributed by atoms with Crippen molar-refractivity contribution < 1.29 is 4.79 Å². The molecule has 0 spiro atoms. The van der Waals surface area contributed by atoms with E-state index in [2.05, 4.69) is 68.0 Å². The second-order valence-electron chi connectivity index (χ2n) is 8.69. The normalized spacial score (nSPS) is 18.4. The minimum Gasteiger partial charge on any atom is -0.364 e. The van der Waals surface area contributed by atoms with E-state index in [0.29, 0.717) is 12.0 Å². The van der Waals surface area contributed by atoms with Crippen LogP contribution >= 0.6 is 0 Å². The molecule has 4 nitrogen and oxygen atoms in total. The standard InChI is InChI=1S/C24H31N3O/c1-16(2)27-23-12-7-19(13-22(23)17(3)14-24(27,5)6)15-25-20-8-10-21(11-9-20)26-18(4)28/h7-13,15-17H,14H2,1-6H3,(H,26,28). The first-order valence-electron chi connectivity index (χ1n) is 10.0. The average molecular weight is 378 g/mol. The first-order chi connectivity index (χ1) is 13.2. The van der Waals surface area contributed by atoms with Gasteiger partial charge in [0.25, 0.3) is 0 Å². The van der Waals surface area contributed by atoms with Crippen LogP contribution in [0.25, 0.3) is 0 Å². The summed E-state index contributed by atoms with van der Waals surface area (Å²) in [7, 11) is 0. The lowest BCUT2D eigenvalue weighted by molar-refractivity contribution is -0.114. The van der Waals surface area contributed by atoms with Crippen LogP contribution in [-0.4, -0.2) is 23.7 Å². The number of aliphatic imine (C=N–C) groups is 1. The molecule has 1 N–H and O–H groups in total. The van der Waals surface area contributed by atoms with E-state index in [4.69, 9.17) is 0 Å². The Morgan fingerprint density at radius 2 is 1.89 bits per heavy atom. The summed E-state index contributed by atoms with van der Waals surface area (Å²) in [6.07, 6.45) is 3.06. The van der Waals surface area contributed by atoms with E-state index < -0.39 is 0 Å². The number of carbonyl (C=O) groups excluding carboxylic acids is 1. The summed E-state index contributed by atoms with van der Waals surface area (Å²) >= 11 is 0. The van der Waals surface area contributed by atoms with Gasteiger partial charge in [0.15, 0.2) is 0 Å². The van der Waals surface area contributed by atoms with E-state index in [1.54, 1.807) is 0 Å². The molecule has 1 heterocycles. The fourth-order valence-corrected chi connectivity index (χ4v) is 4.51. The number of hydrogen-bond acceptors (Lipinski definition) is 3. The highest BCUT2D eigenvalue weighted by Gasteiger charge is 2.37. The third kappa shape index (κ3) is 4.27. The van der Waals surface area contributed by atoms with Gasteiger partial charge in [0.2, 0.25) is 5.91 Å². The smallest absolute Gasteiger partial charge is 0.221 e. The van der Waals surface area contributed by atoms with Gasteiger partial charge in [-0.1, -0.05) is 13.0 Å². The van der Waals surface area contributed by atoms with Crippen molar-refractivity contribution in [2.45, 2.75) is 65.5 Å². The van der Waals surface area contributed by atoms with E-state index in [-0.39, 0.29) is 11.4 Å². The monoisotopic (exact) mass is 377 g/mol. The van der Waals surface area contributed by atoms with Crippen molar-refractivity contribution in [1.82, 2.24) is 0 Å². The molecule has 0 radical (unpaired) electrons. The van der Waals surface area contributed by atoms with Crippen LogP contribution < -0.4 is 10.2 Å². The molecule has 2 aromatic carbocycles. The van der Waals surface area contributed by atoms with Crippen molar-refractivity contribution in [3.05, 3.63) is 53.6 Å². The van der Waals surface area contributed by atoms with Crippen LogP contribution in [0.2, 0.25) is 0 Å². The van der Waals surface area contributed by atoms with Gasteiger partial charge < -0.3 is 10.2 Å². The van der Waals surface area contributed by atoms with Gasteiger partial charge in [-0.25, -0.2) is 0 Å². The number of hydrogen-bond donors (Lipinski definition) is 1.